The molecule has 0 aliphatic rings. The Kier molecular flexibility index (Phi) is 7.49. The van der Waals surface area contributed by atoms with Gasteiger partial charge in [-0.1, -0.05) is 36.2 Å². The quantitative estimate of drug-likeness (QED) is 0.483. The Morgan fingerprint density at radius 1 is 1.10 bits per heavy atom. The molecule has 2 heterocycles. The van der Waals surface area contributed by atoms with Gasteiger partial charge in [-0.25, -0.2) is 9.78 Å². The Morgan fingerprint density at radius 2 is 1.83 bits per heavy atom. The summed E-state index contributed by atoms with van der Waals surface area (Å²) in [6, 6.07) is 7.22. The Morgan fingerprint density at radius 3 is 2.50 bits per heavy atom. The van der Waals surface area contributed by atoms with Gasteiger partial charge in [0.1, 0.15) is 18.5 Å². The number of ether oxygens (including phenoxy) is 1. The van der Waals surface area contributed by atoms with Crippen molar-refractivity contribution in [2.24, 2.45) is 0 Å². The molecule has 0 fully saturated rings. The van der Waals surface area contributed by atoms with E-state index in [2.05, 4.69) is 27.8 Å². The van der Waals surface area contributed by atoms with Crippen LogP contribution in [0.4, 0.5) is 0 Å². The van der Waals surface area contributed by atoms with Gasteiger partial charge in [-0.2, -0.15) is 0 Å². The number of aryl methyl sites for hydroxylation is 2. The molecule has 2 aromatic heterocycles. The molecular formula is C21H27BrN4O4. The molecule has 162 valence electrons. The lowest BCUT2D eigenvalue weighted by Crippen LogP contribution is -2.44. The van der Waals surface area contributed by atoms with Gasteiger partial charge in [0.05, 0.1) is 12.9 Å². The van der Waals surface area contributed by atoms with E-state index in [4.69, 9.17) is 4.74 Å². The van der Waals surface area contributed by atoms with Crippen LogP contribution in [0.25, 0.3) is 11.2 Å². The first-order chi connectivity index (χ1) is 14.5. The molecule has 30 heavy (non-hydrogen) atoms. The molecule has 0 unspecified atom stereocenters. The zero-order chi connectivity index (χ0) is 21.7. The third kappa shape index (κ3) is 4.84. The average molecular weight is 479 g/mol. The van der Waals surface area contributed by atoms with E-state index >= 15 is 0 Å². The number of nitrogens with zero attached hydrogens (tertiary/aromatic N) is 4. The van der Waals surface area contributed by atoms with Crippen LogP contribution in [0.15, 0.2) is 44.7 Å². The summed E-state index contributed by atoms with van der Waals surface area (Å²) < 4.78 is 10.9. The maximum absolute atomic E-state index is 13.1. The number of hydrogen-bond donors (Lipinski definition) is 1. The minimum absolute atomic E-state index is 0.0333. The van der Waals surface area contributed by atoms with E-state index in [0.29, 0.717) is 30.0 Å². The number of hydrogen-bond acceptors (Lipinski definition) is 5. The second-order valence-corrected chi connectivity index (χ2v) is 8.15. The SMILES string of the molecule is CCCCn1cnc2c1c(=O)n(C[C@H](O)COc1ccc(Br)cc1)c(=O)n2CCC. The van der Waals surface area contributed by atoms with Crippen molar-refractivity contribution in [2.45, 2.75) is 58.8 Å². The smallest absolute Gasteiger partial charge is 0.332 e. The number of fused-ring (bicyclic) bond motifs is 1. The lowest BCUT2D eigenvalue weighted by Gasteiger charge is -2.16. The molecule has 8 nitrogen and oxygen atoms in total. The maximum Gasteiger partial charge on any atom is 0.332 e. The molecule has 1 N–H and O–H groups in total. The van der Waals surface area contributed by atoms with E-state index in [9.17, 15) is 14.7 Å². The molecule has 0 aliphatic heterocycles. The van der Waals surface area contributed by atoms with Gasteiger partial charge < -0.3 is 14.4 Å². The van der Waals surface area contributed by atoms with Crippen LogP contribution in [0.1, 0.15) is 33.1 Å². The third-order valence-corrected chi connectivity index (χ3v) is 5.36. The van der Waals surface area contributed by atoms with E-state index in [0.717, 1.165) is 28.3 Å². The van der Waals surface area contributed by atoms with Crippen LogP contribution in [0, 0.1) is 0 Å². The molecule has 0 spiro atoms. The Bertz CT molecular complexity index is 1100. The molecule has 0 bridgehead atoms. The van der Waals surface area contributed by atoms with E-state index in [1.54, 1.807) is 23.0 Å². The van der Waals surface area contributed by atoms with E-state index in [-0.39, 0.29) is 13.2 Å². The van der Waals surface area contributed by atoms with Gasteiger partial charge in [0.2, 0.25) is 0 Å². The summed E-state index contributed by atoms with van der Waals surface area (Å²) in [4.78, 5) is 30.5. The second-order valence-electron chi connectivity index (χ2n) is 7.23. The highest BCUT2D eigenvalue weighted by Crippen LogP contribution is 2.16. The first-order valence-electron chi connectivity index (χ1n) is 10.2. The van der Waals surface area contributed by atoms with Crippen molar-refractivity contribution in [3.63, 3.8) is 0 Å². The van der Waals surface area contributed by atoms with Crippen LogP contribution in [0.5, 0.6) is 5.75 Å². The monoisotopic (exact) mass is 478 g/mol. The minimum Gasteiger partial charge on any atom is -0.491 e. The van der Waals surface area contributed by atoms with Crippen molar-refractivity contribution in [3.8, 4) is 5.75 Å². The fraction of sp³-hybridized carbons (Fsp3) is 0.476. The number of aromatic nitrogens is 4. The largest absolute Gasteiger partial charge is 0.491 e. The summed E-state index contributed by atoms with van der Waals surface area (Å²) in [5.74, 6) is 0.598. The molecular weight excluding hydrogens is 452 g/mol. The van der Waals surface area contributed by atoms with Gasteiger partial charge in [0, 0.05) is 17.6 Å². The molecule has 0 amide bonds. The van der Waals surface area contributed by atoms with Crippen molar-refractivity contribution >= 4 is 27.1 Å². The molecule has 0 radical (unpaired) electrons. The van der Waals surface area contributed by atoms with Crippen molar-refractivity contribution in [1.82, 2.24) is 18.7 Å². The molecule has 3 rings (SSSR count). The van der Waals surface area contributed by atoms with Gasteiger partial charge in [0.25, 0.3) is 5.56 Å². The van der Waals surface area contributed by atoms with Gasteiger partial charge in [-0.15, -0.1) is 0 Å². The number of halogens is 1. The molecule has 1 aromatic carbocycles. The van der Waals surface area contributed by atoms with Gasteiger partial charge in [-0.05, 0) is 37.1 Å². The minimum atomic E-state index is -1.02. The molecule has 0 saturated heterocycles. The maximum atomic E-state index is 13.1. The first kappa shape index (κ1) is 22.3. The van der Waals surface area contributed by atoms with E-state index in [1.807, 2.05) is 19.1 Å². The zero-order valence-electron chi connectivity index (χ0n) is 17.3. The normalized spacial score (nSPS) is 12.4. The highest BCUT2D eigenvalue weighted by molar-refractivity contribution is 9.10. The number of aliphatic hydroxyl groups is 1. The van der Waals surface area contributed by atoms with Crippen molar-refractivity contribution in [1.29, 1.82) is 0 Å². The van der Waals surface area contributed by atoms with Crippen molar-refractivity contribution in [2.75, 3.05) is 6.61 Å². The van der Waals surface area contributed by atoms with Crippen LogP contribution in [-0.4, -0.2) is 36.5 Å². The average Bonchev–Trinajstić information content (AvgIpc) is 3.16. The standard InChI is InChI=1S/C21H27BrN4O4/c1-3-5-11-24-14-23-19-18(24)20(28)26(21(29)25(19)10-4-2)12-16(27)13-30-17-8-6-15(22)7-9-17/h6-9,14,16,27H,3-5,10-13H2,1-2H3/t16-/m0/s1. The summed E-state index contributed by atoms with van der Waals surface area (Å²) in [5.41, 5.74) is -0.0891. The predicted octanol–water partition coefficient (Wildman–Crippen LogP) is 2.77. The van der Waals surface area contributed by atoms with Crippen LogP contribution in [-0.2, 0) is 19.6 Å². The Hall–Kier alpha value is -2.39. The van der Waals surface area contributed by atoms with E-state index in [1.165, 1.54) is 4.57 Å². The first-order valence-corrected chi connectivity index (χ1v) is 11.0. The summed E-state index contributed by atoms with van der Waals surface area (Å²) in [6.07, 6.45) is 3.21. The number of aliphatic hydroxyl groups excluding tert-OH is 1. The highest BCUT2D eigenvalue weighted by Gasteiger charge is 2.19. The highest BCUT2D eigenvalue weighted by atomic mass is 79.9. The summed E-state index contributed by atoms with van der Waals surface area (Å²) in [6.45, 7) is 4.96. The van der Waals surface area contributed by atoms with Gasteiger partial charge in [0.15, 0.2) is 11.2 Å². The molecule has 0 saturated carbocycles. The van der Waals surface area contributed by atoms with Crippen molar-refractivity contribution in [3.05, 3.63) is 55.9 Å². The number of imidazole rings is 1. The second kappa shape index (κ2) is 10.1. The number of rotatable bonds is 10. The summed E-state index contributed by atoms with van der Waals surface area (Å²) in [5, 5.41) is 10.5. The van der Waals surface area contributed by atoms with Crippen LogP contribution < -0.4 is 16.0 Å². The Labute approximate surface area is 182 Å². The molecule has 1 atom stereocenters. The zero-order valence-corrected chi connectivity index (χ0v) is 18.8. The molecule has 3 aromatic rings. The van der Waals surface area contributed by atoms with Gasteiger partial charge in [-0.3, -0.25) is 13.9 Å². The van der Waals surface area contributed by atoms with Gasteiger partial charge >= 0.3 is 5.69 Å². The van der Waals surface area contributed by atoms with Crippen LogP contribution in [0.3, 0.4) is 0 Å². The lowest BCUT2D eigenvalue weighted by molar-refractivity contribution is 0.0901. The van der Waals surface area contributed by atoms with E-state index < -0.39 is 17.4 Å². The molecule has 0 aliphatic carbocycles. The number of unbranched alkanes of at least 4 members (excludes halogenated alkanes) is 1. The fourth-order valence-corrected chi connectivity index (χ4v) is 3.57. The van der Waals surface area contributed by atoms with Crippen LogP contribution in [0.2, 0.25) is 0 Å². The lowest BCUT2D eigenvalue weighted by atomic mass is 10.3. The Balaban J connectivity index is 1.90. The third-order valence-electron chi connectivity index (χ3n) is 4.83. The summed E-state index contributed by atoms with van der Waals surface area (Å²) >= 11 is 3.36. The predicted molar refractivity (Wildman–Crippen MR) is 119 cm³/mol. The topological polar surface area (TPSA) is 91.3 Å². The summed E-state index contributed by atoms with van der Waals surface area (Å²) in [7, 11) is 0. The van der Waals surface area contributed by atoms with Crippen molar-refractivity contribution < 1.29 is 9.84 Å². The van der Waals surface area contributed by atoms with Crippen LogP contribution >= 0.6 is 15.9 Å². The fourth-order valence-electron chi connectivity index (χ4n) is 3.31. The molecule has 9 heteroatoms. The number of benzene rings is 1.